The molecule has 0 aromatic heterocycles. The standard InChI is InChI=1S/C11H14ClFO4S/c1-9-2-3-10(8-11(9)13)17-5-4-16-6-7-18(12,14)15/h2-3,8H,4-7H2,1H3. The average Bonchev–Trinajstić information content (AvgIpc) is 2.26. The zero-order chi connectivity index (χ0) is 13.6. The van der Waals surface area contributed by atoms with E-state index in [1.54, 1.807) is 19.1 Å². The van der Waals surface area contributed by atoms with Gasteiger partial charge in [-0.2, -0.15) is 0 Å². The largest absolute Gasteiger partial charge is 0.491 e. The van der Waals surface area contributed by atoms with Crippen LogP contribution in [0.2, 0.25) is 0 Å². The van der Waals surface area contributed by atoms with Gasteiger partial charge in [-0.1, -0.05) is 6.07 Å². The Morgan fingerprint density at radius 1 is 1.28 bits per heavy atom. The van der Waals surface area contributed by atoms with Crippen LogP contribution in [0.1, 0.15) is 5.56 Å². The van der Waals surface area contributed by atoms with Gasteiger partial charge in [0.1, 0.15) is 18.2 Å². The van der Waals surface area contributed by atoms with Crippen LogP contribution in [0.3, 0.4) is 0 Å². The third kappa shape index (κ3) is 6.18. The Morgan fingerprint density at radius 2 is 2.00 bits per heavy atom. The normalized spacial score (nSPS) is 11.5. The molecule has 0 aliphatic heterocycles. The molecule has 0 spiro atoms. The van der Waals surface area contributed by atoms with Crippen molar-refractivity contribution in [3.63, 3.8) is 0 Å². The van der Waals surface area contributed by atoms with Crippen LogP contribution in [0.5, 0.6) is 5.75 Å². The quantitative estimate of drug-likeness (QED) is 0.571. The number of halogens is 2. The Hall–Kier alpha value is -0.850. The summed E-state index contributed by atoms with van der Waals surface area (Å²) in [5.41, 5.74) is 0.547. The van der Waals surface area contributed by atoms with Gasteiger partial charge in [0.15, 0.2) is 0 Å². The minimum absolute atomic E-state index is 0.0114. The first kappa shape index (κ1) is 15.2. The smallest absolute Gasteiger partial charge is 0.234 e. The van der Waals surface area contributed by atoms with E-state index >= 15 is 0 Å². The average molecular weight is 297 g/mol. The van der Waals surface area contributed by atoms with Gasteiger partial charge in [-0.15, -0.1) is 0 Å². The lowest BCUT2D eigenvalue weighted by Gasteiger charge is -2.07. The van der Waals surface area contributed by atoms with Crippen LogP contribution in [0.4, 0.5) is 4.39 Å². The molecule has 0 heterocycles. The van der Waals surface area contributed by atoms with Crippen molar-refractivity contribution < 1.29 is 22.3 Å². The van der Waals surface area contributed by atoms with Gasteiger partial charge in [0, 0.05) is 16.7 Å². The van der Waals surface area contributed by atoms with Crippen molar-refractivity contribution in [2.45, 2.75) is 6.92 Å². The van der Waals surface area contributed by atoms with Crippen molar-refractivity contribution in [2.75, 3.05) is 25.6 Å². The van der Waals surface area contributed by atoms with E-state index < -0.39 is 9.05 Å². The fourth-order valence-electron chi connectivity index (χ4n) is 1.14. The van der Waals surface area contributed by atoms with Gasteiger partial charge in [0.2, 0.25) is 9.05 Å². The van der Waals surface area contributed by atoms with E-state index in [1.807, 2.05) is 0 Å². The summed E-state index contributed by atoms with van der Waals surface area (Å²) in [7, 11) is 1.48. The summed E-state index contributed by atoms with van der Waals surface area (Å²) >= 11 is 0. The molecule has 0 fully saturated rings. The number of hydrogen-bond donors (Lipinski definition) is 0. The van der Waals surface area contributed by atoms with Gasteiger partial charge < -0.3 is 9.47 Å². The molecular formula is C11H14ClFO4S. The minimum Gasteiger partial charge on any atom is -0.491 e. The van der Waals surface area contributed by atoms with Crippen LogP contribution in [-0.4, -0.2) is 34.0 Å². The maximum absolute atomic E-state index is 13.1. The van der Waals surface area contributed by atoms with Gasteiger partial charge in [-0.3, -0.25) is 0 Å². The van der Waals surface area contributed by atoms with Crippen molar-refractivity contribution >= 4 is 19.7 Å². The van der Waals surface area contributed by atoms with Crippen LogP contribution in [0, 0.1) is 12.7 Å². The maximum atomic E-state index is 13.1. The Balaban J connectivity index is 2.20. The monoisotopic (exact) mass is 296 g/mol. The first-order valence-corrected chi connectivity index (χ1v) is 7.75. The van der Waals surface area contributed by atoms with Crippen molar-refractivity contribution in [2.24, 2.45) is 0 Å². The molecule has 7 heteroatoms. The second kappa shape index (κ2) is 6.92. The summed E-state index contributed by atoms with van der Waals surface area (Å²) in [5.74, 6) is -0.165. The maximum Gasteiger partial charge on any atom is 0.234 e. The summed E-state index contributed by atoms with van der Waals surface area (Å²) in [6.07, 6.45) is 0. The van der Waals surface area contributed by atoms with Crippen molar-refractivity contribution in [3.05, 3.63) is 29.6 Å². The molecule has 0 aliphatic carbocycles. The van der Waals surface area contributed by atoms with Gasteiger partial charge in [-0.25, -0.2) is 12.8 Å². The Labute approximate surface area is 110 Å². The van der Waals surface area contributed by atoms with Crippen LogP contribution >= 0.6 is 10.7 Å². The predicted octanol–water partition coefficient (Wildman–Crippen LogP) is 2.10. The lowest BCUT2D eigenvalue weighted by atomic mass is 10.2. The van der Waals surface area contributed by atoms with Crippen LogP contribution in [-0.2, 0) is 13.8 Å². The van der Waals surface area contributed by atoms with Crippen LogP contribution in [0.15, 0.2) is 18.2 Å². The molecule has 0 N–H and O–H groups in total. The molecule has 4 nitrogen and oxygen atoms in total. The summed E-state index contributed by atoms with van der Waals surface area (Å²) in [4.78, 5) is 0. The van der Waals surface area contributed by atoms with E-state index in [2.05, 4.69) is 0 Å². The molecule has 1 rings (SSSR count). The highest BCUT2D eigenvalue weighted by molar-refractivity contribution is 8.13. The van der Waals surface area contributed by atoms with Gasteiger partial charge in [-0.05, 0) is 18.6 Å². The molecule has 0 bridgehead atoms. The second-order valence-electron chi connectivity index (χ2n) is 3.61. The van der Waals surface area contributed by atoms with E-state index in [-0.39, 0.29) is 31.4 Å². The molecule has 0 atom stereocenters. The lowest BCUT2D eigenvalue weighted by molar-refractivity contribution is 0.111. The molecule has 0 unspecified atom stereocenters. The summed E-state index contributed by atoms with van der Waals surface area (Å²) < 4.78 is 44.5. The molecule has 1 aromatic rings. The van der Waals surface area contributed by atoms with E-state index in [0.29, 0.717) is 11.3 Å². The van der Waals surface area contributed by atoms with Gasteiger partial charge in [0.05, 0.1) is 19.0 Å². The third-order valence-corrected chi connectivity index (χ3v) is 3.23. The van der Waals surface area contributed by atoms with E-state index in [0.717, 1.165) is 0 Å². The Bertz CT molecular complexity index is 490. The van der Waals surface area contributed by atoms with E-state index in [4.69, 9.17) is 20.2 Å². The highest BCUT2D eigenvalue weighted by Crippen LogP contribution is 2.15. The lowest BCUT2D eigenvalue weighted by Crippen LogP contribution is -2.12. The Kier molecular flexibility index (Phi) is 5.84. The van der Waals surface area contributed by atoms with Crippen LogP contribution < -0.4 is 4.74 Å². The molecule has 1 aromatic carbocycles. The SMILES string of the molecule is Cc1ccc(OCCOCCS(=O)(=O)Cl)cc1F. The highest BCUT2D eigenvalue weighted by Gasteiger charge is 2.04. The molecule has 0 amide bonds. The summed E-state index contributed by atoms with van der Waals surface area (Å²) in [5, 5.41) is 0. The minimum atomic E-state index is -3.52. The van der Waals surface area contributed by atoms with Crippen molar-refractivity contribution in [1.82, 2.24) is 0 Å². The number of ether oxygens (including phenoxy) is 2. The summed E-state index contributed by atoms with van der Waals surface area (Å²) in [6, 6.07) is 4.56. The van der Waals surface area contributed by atoms with Gasteiger partial charge in [0.25, 0.3) is 0 Å². The van der Waals surface area contributed by atoms with Gasteiger partial charge >= 0.3 is 0 Å². The zero-order valence-electron chi connectivity index (χ0n) is 9.86. The number of aryl methyl sites for hydroxylation is 1. The molecule has 0 saturated carbocycles. The number of rotatable bonds is 7. The Morgan fingerprint density at radius 3 is 2.61 bits per heavy atom. The molecule has 18 heavy (non-hydrogen) atoms. The second-order valence-corrected chi connectivity index (χ2v) is 6.51. The third-order valence-electron chi connectivity index (χ3n) is 2.11. The molecule has 0 radical (unpaired) electrons. The zero-order valence-corrected chi connectivity index (χ0v) is 11.4. The predicted molar refractivity (Wildman–Crippen MR) is 67.1 cm³/mol. The molecular weight excluding hydrogens is 283 g/mol. The molecule has 0 saturated heterocycles. The van der Waals surface area contributed by atoms with Crippen LogP contribution in [0.25, 0.3) is 0 Å². The number of hydrogen-bond acceptors (Lipinski definition) is 4. The summed E-state index contributed by atoms with van der Waals surface area (Å²) in [6.45, 7) is 2.10. The van der Waals surface area contributed by atoms with Crippen molar-refractivity contribution in [3.8, 4) is 5.75 Å². The first-order chi connectivity index (χ1) is 8.38. The number of benzene rings is 1. The first-order valence-electron chi connectivity index (χ1n) is 5.27. The molecule has 0 aliphatic rings. The fraction of sp³-hybridized carbons (Fsp3) is 0.455. The van der Waals surface area contributed by atoms with Crippen molar-refractivity contribution in [1.29, 1.82) is 0 Å². The van der Waals surface area contributed by atoms with E-state index in [1.165, 1.54) is 6.07 Å². The topological polar surface area (TPSA) is 52.6 Å². The fourth-order valence-corrected chi connectivity index (χ4v) is 1.65. The van der Waals surface area contributed by atoms with E-state index in [9.17, 15) is 12.8 Å². The molecule has 102 valence electrons. The highest BCUT2D eigenvalue weighted by atomic mass is 35.7.